The lowest BCUT2D eigenvalue weighted by molar-refractivity contribution is 0.102. The zero-order valence-electron chi connectivity index (χ0n) is 7.30. The second kappa shape index (κ2) is 3.27. The summed E-state index contributed by atoms with van der Waals surface area (Å²) < 4.78 is 10.6. The van der Waals surface area contributed by atoms with Crippen molar-refractivity contribution in [2.45, 2.75) is 32.8 Å². The first-order valence-electron chi connectivity index (χ1n) is 4.46. The third kappa shape index (κ3) is 1.25. The summed E-state index contributed by atoms with van der Waals surface area (Å²) in [5, 5.41) is 4.03. The van der Waals surface area contributed by atoms with Crippen LogP contribution in [0.25, 0.3) is 0 Å². The van der Waals surface area contributed by atoms with Gasteiger partial charge in [-0.3, -0.25) is 0 Å². The maximum atomic E-state index is 5.34. The Labute approximate surface area is 71.7 Å². The van der Waals surface area contributed by atoms with Crippen LogP contribution in [-0.4, -0.2) is 11.8 Å². The molecule has 1 aromatic heterocycles. The molecule has 0 N–H and O–H groups in total. The van der Waals surface area contributed by atoms with Crippen molar-refractivity contribution < 1.29 is 9.26 Å². The molecule has 0 aromatic carbocycles. The van der Waals surface area contributed by atoms with Crippen LogP contribution in [-0.2, 0) is 24.2 Å². The van der Waals surface area contributed by atoms with E-state index < -0.39 is 0 Å². The van der Waals surface area contributed by atoms with Crippen LogP contribution in [0.2, 0.25) is 0 Å². The molecular weight excluding hydrogens is 154 g/mol. The SMILES string of the molecule is CCCc1noc2c1COCC2. The molecule has 0 radical (unpaired) electrons. The molecule has 0 unspecified atom stereocenters. The maximum Gasteiger partial charge on any atom is 0.144 e. The molecule has 1 aromatic rings. The first-order chi connectivity index (χ1) is 5.92. The van der Waals surface area contributed by atoms with Crippen LogP contribution in [0.1, 0.15) is 30.4 Å². The molecule has 0 amide bonds. The van der Waals surface area contributed by atoms with E-state index in [1.54, 1.807) is 0 Å². The molecule has 3 nitrogen and oxygen atoms in total. The topological polar surface area (TPSA) is 35.3 Å². The number of aryl methyl sites for hydroxylation is 1. The number of hydrogen-bond donors (Lipinski definition) is 0. The zero-order valence-corrected chi connectivity index (χ0v) is 7.30. The minimum absolute atomic E-state index is 0.689. The molecule has 0 atom stereocenters. The van der Waals surface area contributed by atoms with Crippen molar-refractivity contribution in [2.75, 3.05) is 6.61 Å². The number of hydrogen-bond acceptors (Lipinski definition) is 3. The molecule has 0 saturated carbocycles. The van der Waals surface area contributed by atoms with Crippen molar-refractivity contribution in [2.24, 2.45) is 0 Å². The van der Waals surface area contributed by atoms with Gasteiger partial charge in [0, 0.05) is 12.0 Å². The van der Waals surface area contributed by atoms with E-state index in [9.17, 15) is 0 Å². The lowest BCUT2D eigenvalue weighted by Gasteiger charge is -2.09. The largest absolute Gasteiger partial charge is 0.376 e. The van der Waals surface area contributed by atoms with Crippen molar-refractivity contribution in [3.63, 3.8) is 0 Å². The third-order valence-corrected chi connectivity index (χ3v) is 2.16. The molecular formula is C9H13NO2. The van der Waals surface area contributed by atoms with Crippen LogP contribution in [0.5, 0.6) is 0 Å². The van der Waals surface area contributed by atoms with Crippen molar-refractivity contribution in [3.8, 4) is 0 Å². The zero-order chi connectivity index (χ0) is 8.39. The summed E-state index contributed by atoms with van der Waals surface area (Å²) >= 11 is 0. The minimum atomic E-state index is 0.689. The highest BCUT2D eigenvalue weighted by molar-refractivity contribution is 5.23. The summed E-state index contributed by atoms with van der Waals surface area (Å²) in [6.45, 7) is 3.60. The van der Waals surface area contributed by atoms with E-state index >= 15 is 0 Å². The number of nitrogens with zero attached hydrogens (tertiary/aromatic N) is 1. The van der Waals surface area contributed by atoms with Crippen LogP contribution in [0, 0.1) is 0 Å². The highest BCUT2D eigenvalue weighted by Gasteiger charge is 2.18. The molecule has 0 bridgehead atoms. The Kier molecular flexibility index (Phi) is 2.13. The summed E-state index contributed by atoms with van der Waals surface area (Å²) in [5.41, 5.74) is 2.29. The average Bonchev–Trinajstić information content (AvgIpc) is 2.50. The second-order valence-corrected chi connectivity index (χ2v) is 3.08. The molecule has 0 aliphatic carbocycles. The molecule has 2 heterocycles. The molecule has 1 aliphatic rings. The van der Waals surface area contributed by atoms with Crippen molar-refractivity contribution >= 4 is 0 Å². The number of ether oxygens (including phenoxy) is 1. The minimum Gasteiger partial charge on any atom is -0.376 e. The van der Waals surface area contributed by atoms with E-state index in [1.165, 1.54) is 5.56 Å². The van der Waals surface area contributed by atoms with Crippen molar-refractivity contribution in [1.29, 1.82) is 0 Å². The summed E-state index contributed by atoms with van der Waals surface area (Å²) in [4.78, 5) is 0. The molecule has 3 heteroatoms. The van der Waals surface area contributed by atoms with E-state index in [0.717, 1.165) is 37.3 Å². The third-order valence-electron chi connectivity index (χ3n) is 2.16. The fourth-order valence-corrected chi connectivity index (χ4v) is 1.51. The molecule has 1 aliphatic heterocycles. The van der Waals surface area contributed by atoms with E-state index in [1.807, 2.05) is 0 Å². The van der Waals surface area contributed by atoms with Gasteiger partial charge in [0.05, 0.1) is 18.9 Å². The second-order valence-electron chi connectivity index (χ2n) is 3.08. The van der Waals surface area contributed by atoms with E-state index in [4.69, 9.17) is 9.26 Å². The van der Waals surface area contributed by atoms with Crippen LogP contribution >= 0.6 is 0 Å². The fourth-order valence-electron chi connectivity index (χ4n) is 1.51. The van der Waals surface area contributed by atoms with Gasteiger partial charge in [0.25, 0.3) is 0 Å². The highest BCUT2D eigenvalue weighted by Crippen LogP contribution is 2.21. The summed E-state index contributed by atoms with van der Waals surface area (Å²) in [5.74, 6) is 1.03. The van der Waals surface area contributed by atoms with Gasteiger partial charge < -0.3 is 9.26 Å². The van der Waals surface area contributed by atoms with Crippen molar-refractivity contribution in [3.05, 3.63) is 17.0 Å². The number of aromatic nitrogens is 1. The Morgan fingerprint density at radius 1 is 1.50 bits per heavy atom. The van der Waals surface area contributed by atoms with Gasteiger partial charge in [0.15, 0.2) is 0 Å². The van der Waals surface area contributed by atoms with E-state index in [2.05, 4.69) is 12.1 Å². The molecule has 0 saturated heterocycles. The quantitative estimate of drug-likeness (QED) is 0.672. The summed E-state index contributed by atoms with van der Waals surface area (Å²) in [6, 6.07) is 0. The van der Waals surface area contributed by atoms with Crippen LogP contribution in [0.4, 0.5) is 0 Å². The number of fused-ring (bicyclic) bond motifs is 1. The normalized spacial score (nSPS) is 16.1. The molecule has 0 fully saturated rings. The van der Waals surface area contributed by atoms with Crippen LogP contribution in [0.3, 0.4) is 0 Å². The Morgan fingerprint density at radius 3 is 3.25 bits per heavy atom. The van der Waals surface area contributed by atoms with Gasteiger partial charge in [0.2, 0.25) is 0 Å². The van der Waals surface area contributed by atoms with Gasteiger partial charge in [-0.1, -0.05) is 18.5 Å². The van der Waals surface area contributed by atoms with Gasteiger partial charge in [-0.15, -0.1) is 0 Å². The first kappa shape index (κ1) is 7.80. The molecule has 66 valence electrons. The molecule has 2 rings (SSSR count). The first-order valence-corrected chi connectivity index (χ1v) is 4.46. The fraction of sp³-hybridized carbons (Fsp3) is 0.667. The summed E-state index contributed by atoms with van der Waals surface area (Å²) in [6.07, 6.45) is 2.99. The predicted octanol–water partition coefficient (Wildman–Crippen LogP) is 1.70. The van der Waals surface area contributed by atoms with Crippen LogP contribution in [0.15, 0.2) is 4.52 Å². The smallest absolute Gasteiger partial charge is 0.144 e. The Morgan fingerprint density at radius 2 is 2.42 bits per heavy atom. The van der Waals surface area contributed by atoms with Gasteiger partial charge in [-0.05, 0) is 6.42 Å². The monoisotopic (exact) mass is 167 g/mol. The average molecular weight is 167 g/mol. The maximum absolute atomic E-state index is 5.34. The Hall–Kier alpha value is -0.830. The lowest BCUT2D eigenvalue weighted by Crippen LogP contribution is -2.08. The van der Waals surface area contributed by atoms with Crippen molar-refractivity contribution in [1.82, 2.24) is 5.16 Å². The molecule has 12 heavy (non-hydrogen) atoms. The Balaban J connectivity index is 2.25. The van der Waals surface area contributed by atoms with E-state index in [0.29, 0.717) is 6.61 Å². The standard InChI is InChI=1S/C9H13NO2/c1-2-3-8-7-6-11-5-4-9(7)12-10-8/h2-6H2,1H3. The van der Waals surface area contributed by atoms with E-state index in [-0.39, 0.29) is 0 Å². The molecule has 0 spiro atoms. The van der Waals surface area contributed by atoms with Gasteiger partial charge in [-0.2, -0.15) is 0 Å². The summed E-state index contributed by atoms with van der Waals surface area (Å²) in [7, 11) is 0. The van der Waals surface area contributed by atoms with Gasteiger partial charge in [-0.25, -0.2) is 0 Å². The lowest BCUT2D eigenvalue weighted by atomic mass is 10.1. The van der Waals surface area contributed by atoms with Gasteiger partial charge in [0.1, 0.15) is 5.76 Å². The van der Waals surface area contributed by atoms with Gasteiger partial charge >= 0.3 is 0 Å². The number of rotatable bonds is 2. The highest BCUT2D eigenvalue weighted by atomic mass is 16.5. The predicted molar refractivity (Wildman–Crippen MR) is 43.9 cm³/mol. The van der Waals surface area contributed by atoms with Crippen LogP contribution < -0.4 is 0 Å². The Bertz CT molecular complexity index is 267.